The van der Waals surface area contributed by atoms with E-state index in [1.165, 1.54) is 6.20 Å². The van der Waals surface area contributed by atoms with Crippen molar-refractivity contribution in [2.75, 3.05) is 11.9 Å². The molecule has 0 unspecified atom stereocenters. The van der Waals surface area contributed by atoms with Crippen molar-refractivity contribution in [1.29, 1.82) is 0 Å². The molecule has 0 radical (unpaired) electrons. The number of nitrogens with zero attached hydrogens (tertiary/aromatic N) is 2. The third kappa shape index (κ3) is 3.96. The smallest absolute Gasteiger partial charge is 0.255 e. The second kappa shape index (κ2) is 6.97. The number of carbonyl (C=O) groups excluding carboxylic acids is 1. The highest BCUT2D eigenvalue weighted by molar-refractivity contribution is 9.09. The summed E-state index contributed by atoms with van der Waals surface area (Å²) in [5, 5.41) is 1.29. The summed E-state index contributed by atoms with van der Waals surface area (Å²) < 4.78 is 0. The highest BCUT2D eigenvalue weighted by Gasteiger charge is 2.20. The van der Waals surface area contributed by atoms with Gasteiger partial charge in [0, 0.05) is 30.3 Å². The number of amides is 1. The molecule has 1 aromatic rings. The minimum atomic E-state index is -0.0339. The summed E-state index contributed by atoms with van der Waals surface area (Å²) >= 11 is 9.36. The van der Waals surface area contributed by atoms with Gasteiger partial charge in [0.1, 0.15) is 0 Å². The minimum absolute atomic E-state index is 0.0339. The van der Waals surface area contributed by atoms with E-state index < -0.39 is 0 Å². The molecule has 1 rings (SSSR count). The molecule has 0 saturated carbocycles. The predicted molar refractivity (Wildman–Crippen MR) is 73.8 cm³/mol. The molecule has 0 spiro atoms. The second-order valence-corrected chi connectivity index (χ2v) is 5.19. The van der Waals surface area contributed by atoms with E-state index in [2.05, 4.69) is 20.9 Å². The van der Waals surface area contributed by atoms with Gasteiger partial charge in [0.2, 0.25) is 0 Å². The van der Waals surface area contributed by atoms with E-state index in [0.29, 0.717) is 10.6 Å². The Morgan fingerprint density at radius 2 is 2.29 bits per heavy atom. The second-order valence-electron chi connectivity index (χ2n) is 3.99. The maximum absolute atomic E-state index is 12.3. The van der Waals surface area contributed by atoms with Crippen LogP contribution in [0.4, 0.5) is 0 Å². The number of carbonyl (C=O) groups is 1. The number of aromatic nitrogens is 1. The highest BCUT2D eigenvalue weighted by atomic mass is 79.9. The quantitative estimate of drug-likeness (QED) is 0.780. The van der Waals surface area contributed by atoms with Crippen molar-refractivity contribution in [2.24, 2.45) is 0 Å². The number of pyridine rings is 1. The van der Waals surface area contributed by atoms with E-state index in [4.69, 9.17) is 11.6 Å². The van der Waals surface area contributed by atoms with Gasteiger partial charge in [-0.3, -0.25) is 9.78 Å². The van der Waals surface area contributed by atoms with Gasteiger partial charge in [-0.2, -0.15) is 0 Å². The van der Waals surface area contributed by atoms with Crippen molar-refractivity contribution < 1.29 is 4.79 Å². The van der Waals surface area contributed by atoms with Crippen molar-refractivity contribution in [1.82, 2.24) is 9.88 Å². The lowest BCUT2D eigenvalue weighted by molar-refractivity contribution is 0.0707. The molecule has 1 heterocycles. The van der Waals surface area contributed by atoms with Crippen LogP contribution in [0.5, 0.6) is 0 Å². The molecule has 0 aliphatic carbocycles. The van der Waals surface area contributed by atoms with Crippen LogP contribution in [0.3, 0.4) is 0 Å². The number of hydrogen-bond donors (Lipinski definition) is 0. The van der Waals surface area contributed by atoms with Crippen LogP contribution in [-0.2, 0) is 0 Å². The molecule has 0 aliphatic heterocycles. The third-order valence-electron chi connectivity index (χ3n) is 2.42. The van der Waals surface area contributed by atoms with Gasteiger partial charge in [-0.25, -0.2) is 0 Å². The summed E-state index contributed by atoms with van der Waals surface area (Å²) in [5.74, 6) is -0.0339. The van der Waals surface area contributed by atoms with Gasteiger partial charge in [0.05, 0.1) is 10.6 Å². The van der Waals surface area contributed by atoms with E-state index in [0.717, 1.165) is 18.3 Å². The number of rotatable bonds is 5. The standard InChI is InChI=1S/C12H16BrClN2O/c1-9(2)16(7-3-5-13)12(17)10-4-6-15-8-11(10)14/h4,6,8-9H,3,5,7H2,1-2H3. The van der Waals surface area contributed by atoms with E-state index in [9.17, 15) is 4.79 Å². The largest absolute Gasteiger partial charge is 0.336 e. The van der Waals surface area contributed by atoms with Gasteiger partial charge in [-0.05, 0) is 26.3 Å². The molecule has 3 nitrogen and oxygen atoms in total. The van der Waals surface area contributed by atoms with Crippen molar-refractivity contribution in [3.05, 3.63) is 29.0 Å². The Labute approximate surface area is 115 Å². The molecular formula is C12H16BrClN2O. The average Bonchev–Trinajstić information content (AvgIpc) is 2.29. The fraction of sp³-hybridized carbons (Fsp3) is 0.500. The first-order valence-corrected chi connectivity index (χ1v) is 7.04. The molecular weight excluding hydrogens is 304 g/mol. The Bertz CT molecular complexity index is 385. The fourth-order valence-corrected chi connectivity index (χ4v) is 1.98. The lowest BCUT2D eigenvalue weighted by atomic mass is 10.2. The van der Waals surface area contributed by atoms with Gasteiger partial charge >= 0.3 is 0 Å². The Morgan fingerprint density at radius 3 is 2.82 bits per heavy atom. The highest BCUT2D eigenvalue weighted by Crippen LogP contribution is 2.17. The van der Waals surface area contributed by atoms with Crippen LogP contribution in [0.25, 0.3) is 0 Å². The van der Waals surface area contributed by atoms with Crippen molar-refractivity contribution >= 4 is 33.4 Å². The molecule has 0 N–H and O–H groups in total. The van der Waals surface area contributed by atoms with Crippen LogP contribution in [0.1, 0.15) is 30.6 Å². The first-order valence-electron chi connectivity index (χ1n) is 5.54. The van der Waals surface area contributed by atoms with Crippen molar-refractivity contribution in [3.8, 4) is 0 Å². The van der Waals surface area contributed by atoms with Crippen molar-refractivity contribution in [3.63, 3.8) is 0 Å². The third-order valence-corrected chi connectivity index (χ3v) is 3.28. The zero-order chi connectivity index (χ0) is 12.8. The van der Waals surface area contributed by atoms with E-state index in [1.54, 1.807) is 12.3 Å². The van der Waals surface area contributed by atoms with E-state index in [-0.39, 0.29) is 11.9 Å². The van der Waals surface area contributed by atoms with Crippen LogP contribution in [-0.4, -0.2) is 33.7 Å². The zero-order valence-electron chi connectivity index (χ0n) is 9.99. The molecule has 5 heteroatoms. The normalized spacial score (nSPS) is 10.6. The van der Waals surface area contributed by atoms with E-state index in [1.807, 2.05) is 18.7 Å². The SMILES string of the molecule is CC(C)N(CCCBr)C(=O)c1ccncc1Cl. The van der Waals surface area contributed by atoms with Gasteiger partial charge in [-0.15, -0.1) is 0 Å². The summed E-state index contributed by atoms with van der Waals surface area (Å²) in [7, 11) is 0. The Hall–Kier alpha value is -0.610. The van der Waals surface area contributed by atoms with Crippen LogP contribution in [0.2, 0.25) is 5.02 Å². The Balaban J connectivity index is 2.88. The topological polar surface area (TPSA) is 33.2 Å². The molecule has 1 amide bonds. The molecule has 0 aromatic carbocycles. The van der Waals surface area contributed by atoms with Crippen LogP contribution in [0.15, 0.2) is 18.5 Å². The summed E-state index contributed by atoms with van der Waals surface area (Å²) in [5.41, 5.74) is 0.518. The number of alkyl halides is 1. The number of halogens is 2. The lowest BCUT2D eigenvalue weighted by Gasteiger charge is -2.26. The average molecular weight is 320 g/mol. The van der Waals surface area contributed by atoms with Gasteiger partial charge < -0.3 is 4.90 Å². The molecule has 0 fully saturated rings. The van der Waals surface area contributed by atoms with Gasteiger partial charge in [-0.1, -0.05) is 27.5 Å². The molecule has 0 aliphatic rings. The van der Waals surface area contributed by atoms with Crippen molar-refractivity contribution in [2.45, 2.75) is 26.3 Å². The minimum Gasteiger partial charge on any atom is -0.336 e. The summed E-state index contributed by atoms with van der Waals surface area (Å²) in [4.78, 5) is 18.0. The van der Waals surface area contributed by atoms with Crippen LogP contribution >= 0.6 is 27.5 Å². The molecule has 0 saturated heterocycles. The van der Waals surface area contributed by atoms with Crippen LogP contribution in [0, 0.1) is 0 Å². The maximum Gasteiger partial charge on any atom is 0.255 e. The Morgan fingerprint density at radius 1 is 1.59 bits per heavy atom. The summed E-state index contributed by atoms with van der Waals surface area (Å²) in [6, 6.07) is 1.82. The predicted octanol–water partition coefficient (Wildman–Crippen LogP) is 3.37. The first kappa shape index (κ1) is 14.5. The lowest BCUT2D eigenvalue weighted by Crippen LogP contribution is -2.38. The monoisotopic (exact) mass is 318 g/mol. The van der Waals surface area contributed by atoms with E-state index >= 15 is 0 Å². The van der Waals surface area contributed by atoms with Gasteiger partial charge in [0.25, 0.3) is 5.91 Å². The Kier molecular flexibility index (Phi) is 5.92. The summed E-state index contributed by atoms with van der Waals surface area (Å²) in [6.45, 7) is 4.73. The van der Waals surface area contributed by atoms with Gasteiger partial charge in [0.15, 0.2) is 0 Å². The molecule has 17 heavy (non-hydrogen) atoms. The molecule has 94 valence electrons. The summed E-state index contributed by atoms with van der Waals surface area (Å²) in [6.07, 6.45) is 4.01. The molecule has 1 aromatic heterocycles. The first-order chi connectivity index (χ1) is 8.07. The zero-order valence-corrected chi connectivity index (χ0v) is 12.3. The molecule has 0 bridgehead atoms. The fourth-order valence-electron chi connectivity index (χ4n) is 1.53. The van der Waals surface area contributed by atoms with Crippen LogP contribution < -0.4 is 0 Å². The maximum atomic E-state index is 12.3. The molecule has 0 atom stereocenters. The number of hydrogen-bond acceptors (Lipinski definition) is 2.